The molecule has 11 heteroatoms. The Labute approximate surface area is 192 Å². The first-order chi connectivity index (χ1) is 14.0. The van der Waals surface area contributed by atoms with Crippen molar-refractivity contribution in [2.45, 2.75) is 13.8 Å². The molecule has 0 unspecified atom stereocenters. The third-order valence-electron chi connectivity index (χ3n) is 3.32. The summed E-state index contributed by atoms with van der Waals surface area (Å²) >= 11 is 2.04. The van der Waals surface area contributed by atoms with Crippen LogP contribution in [0.5, 0.6) is 11.5 Å². The normalized spacial score (nSPS) is 10.2. The number of fused-ring (bicyclic) bond motifs is 2. The van der Waals surface area contributed by atoms with Crippen molar-refractivity contribution in [3.63, 3.8) is 0 Å². The molecule has 2 aromatic heterocycles. The van der Waals surface area contributed by atoms with Gasteiger partial charge < -0.3 is 30.3 Å². The van der Waals surface area contributed by atoms with Gasteiger partial charge >= 0.3 is 35.3 Å². The van der Waals surface area contributed by atoms with Crippen LogP contribution in [0.15, 0.2) is 36.4 Å². The maximum absolute atomic E-state index is 9.14. The molecule has 0 saturated carbocycles. The van der Waals surface area contributed by atoms with Gasteiger partial charge in [0.2, 0.25) is 0 Å². The van der Waals surface area contributed by atoms with Crippen molar-refractivity contribution in [3.8, 4) is 11.5 Å². The fraction of sp³-hybridized carbons (Fsp3) is 0.222. The minimum atomic E-state index is -0.472. The fourth-order valence-electron chi connectivity index (χ4n) is 2.30. The van der Waals surface area contributed by atoms with Crippen LogP contribution in [0.25, 0.3) is 31.3 Å². The summed E-state index contributed by atoms with van der Waals surface area (Å²) in [6, 6.07) is 11.2. The second kappa shape index (κ2) is 12.4. The number of aromatic nitrogens is 2. The molecule has 2 heterocycles. The Hall–Kier alpha value is -1.31. The first-order valence-electron chi connectivity index (χ1n) is 8.27. The number of ether oxygens (including phenoxy) is 2. The average Bonchev–Trinajstić information content (AvgIpc) is 3.23. The van der Waals surface area contributed by atoms with Gasteiger partial charge in [0.05, 0.1) is 13.2 Å². The molecule has 4 rings (SSSR count). The van der Waals surface area contributed by atoms with Crippen molar-refractivity contribution in [3.05, 3.63) is 56.8 Å². The molecule has 0 aliphatic carbocycles. The number of nitrogens with zero attached hydrogens (tertiary/aromatic N) is 4. The monoisotopic (exact) mass is 649 g/mol. The second-order valence-corrected chi connectivity index (χ2v) is 10.5. The quantitative estimate of drug-likeness (QED) is 0.317. The van der Waals surface area contributed by atoms with E-state index in [-0.39, 0.29) is 9.60 Å². The predicted octanol–water partition coefficient (Wildman–Crippen LogP) is 4.83. The van der Waals surface area contributed by atoms with Crippen LogP contribution in [0.3, 0.4) is 0 Å². The van der Waals surface area contributed by atoms with E-state index in [1.807, 2.05) is 50.2 Å². The third-order valence-corrected chi connectivity index (χ3v) is 4.96. The summed E-state index contributed by atoms with van der Waals surface area (Å²) in [5.41, 5.74) is 1.62. The number of hydrogen-bond acceptors (Lipinski definition) is 4. The SMILES string of the molecule is CCOc1ccc2[n-]c(=[N-])sc2c1.CCOc1ccc2[n-]c(=[N-])sc2c1.[Cl][Pt][Cl]. The fourth-order valence-corrected chi connectivity index (χ4v) is 3.77. The van der Waals surface area contributed by atoms with Crippen molar-refractivity contribution in [2.24, 2.45) is 0 Å². The molecule has 160 valence electrons. The topological polar surface area (TPSA) is 91.3 Å². The van der Waals surface area contributed by atoms with Crippen LogP contribution in [0.4, 0.5) is 0 Å². The van der Waals surface area contributed by atoms with E-state index >= 15 is 0 Å². The van der Waals surface area contributed by atoms with Gasteiger partial charge in [-0.05, 0) is 38.1 Å². The first kappa shape index (κ1) is 24.0. The van der Waals surface area contributed by atoms with Gasteiger partial charge in [-0.2, -0.15) is 22.7 Å². The molecule has 0 radical (unpaired) electrons. The van der Waals surface area contributed by atoms with Crippen LogP contribution in [0.1, 0.15) is 13.8 Å². The van der Waals surface area contributed by atoms with E-state index in [1.165, 1.54) is 22.7 Å². The predicted molar refractivity (Wildman–Crippen MR) is 117 cm³/mol. The van der Waals surface area contributed by atoms with Crippen molar-refractivity contribution in [2.75, 3.05) is 13.2 Å². The Balaban J connectivity index is 0.000000183. The molecule has 0 saturated heterocycles. The number of hydrogen-bond donors (Lipinski definition) is 0. The molecule has 29 heavy (non-hydrogen) atoms. The Morgan fingerprint density at radius 3 is 1.55 bits per heavy atom. The van der Waals surface area contributed by atoms with Crippen LogP contribution in [-0.4, -0.2) is 13.2 Å². The third kappa shape index (κ3) is 7.46. The molecule has 4 aromatic rings. The van der Waals surface area contributed by atoms with E-state index in [2.05, 4.69) is 9.97 Å². The van der Waals surface area contributed by atoms with Crippen LogP contribution in [-0.2, 0) is 16.5 Å². The van der Waals surface area contributed by atoms with Crippen LogP contribution in [0, 0.1) is 0 Å². The van der Waals surface area contributed by atoms with E-state index in [0.717, 1.165) is 31.9 Å². The standard InChI is InChI=1S/2C9H8N2OS.2ClH.Pt/c2*1-2-12-6-3-4-7-8(5-6)13-9(10)11-7;;;/h2*3-5H,2H2,1H3;2*1H;/q2*-2;;;+2/p-2. The van der Waals surface area contributed by atoms with Gasteiger partial charge in [-0.3, -0.25) is 0 Å². The van der Waals surface area contributed by atoms with Gasteiger partial charge in [-0.25, -0.2) is 9.60 Å². The molecule has 2 aromatic carbocycles. The summed E-state index contributed by atoms with van der Waals surface area (Å²) in [6.07, 6.45) is 0. The van der Waals surface area contributed by atoms with Gasteiger partial charge in [0, 0.05) is 9.40 Å². The number of benzene rings is 2. The zero-order valence-electron chi connectivity index (χ0n) is 15.4. The van der Waals surface area contributed by atoms with E-state index in [9.17, 15) is 0 Å². The minimum absolute atomic E-state index is 0.101. The molecule has 0 atom stereocenters. The maximum atomic E-state index is 9.14. The number of halogens is 2. The molecular weight excluding hydrogens is 634 g/mol. The van der Waals surface area contributed by atoms with E-state index < -0.39 is 16.5 Å². The Bertz CT molecular complexity index is 1070. The second-order valence-electron chi connectivity index (χ2n) is 5.16. The summed E-state index contributed by atoms with van der Waals surface area (Å²) in [6.45, 7) is 5.18. The Morgan fingerprint density at radius 2 is 1.21 bits per heavy atom. The summed E-state index contributed by atoms with van der Waals surface area (Å²) in [5, 5.41) is 18.3. The average molecular weight is 650 g/mol. The van der Waals surface area contributed by atoms with E-state index in [0.29, 0.717) is 13.2 Å². The van der Waals surface area contributed by atoms with Gasteiger partial charge in [-0.1, -0.05) is 12.1 Å². The molecule has 0 bridgehead atoms. The summed E-state index contributed by atoms with van der Waals surface area (Å²) in [4.78, 5) is 8.07. The Kier molecular flexibility index (Phi) is 10.2. The number of rotatable bonds is 4. The van der Waals surface area contributed by atoms with Gasteiger partial charge in [0.25, 0.3) is 0 Å². The van der Waals surface area contributed by atoms with Crippen molar-refractivity contribution in [1.29, 1.82) is 0 Å². The van der Waals surface area contributed by atoms with Gasteiger partial charge in [0.15, 0.2) is 0 Å². The molecule has 0 spiro atoms. The molecule has 0 aliphatic heterocycles. The molecule has 0 aliphatic rings. The zero-order valence-corrected chi connectivity index (χ0v) is 20.8. The van der Waals surface area contributed by atoms with Gasteiger partial charge in [-0.15, -0.1) is 11.0 Å². The van der Waals surface area contributed by atoms with Crippen molar-refractivity contribution >= 4 is 61.9 Å². The number of thiazole rings is 2. The van der Waals surface area contributed by atoms with E-state index in [1.54, 1.807) is 0 Å². The van der Waals surface area contributed by atoms with Crippen LogP contribution >= 0.6 is 41.5 Å². The molecule has 0 amide bonds. The Morgan fingerprint density at radius 1 is 0.828 bits per heavy atom. The summed E-state index contributed by atoms with van der Waals surface area (Å²) in [7, 11) is 9.75. The van der Waals surface area contributed by atoms with Crippen molar-refractivity contribution < 1.29 is 26.0 Å². The van der Waals surface area contributed by atoms with Crippen LogP contribution in [0.2, 0.25) is 0 Å². The zero-order chi connectivity index (χ0) is 21.2. The summed E-state index contributed by atoms with van der Waals surface area (Å²) < 4.78 is 12.5. The first-order valence-corrected chi connectivity index (χ1v) is 15.5. The van der Waals surface area contributed by atoms with E-state index in [4.69, 9.17) is 39.1 Å². The van der Waals surface area contributed by atoms with Gasteiger partial charge in [0.1, 0.15) is 11.5 Å². The molecular formula is C18H16Cl2N4O2PtS2-4. The molecule has 0 N–H and O–H groups in total. The van der Waals surface area contributed by atoms with Crippen LogP contribution < -0.4 is 29.0 Å². The summed E-state index contributed by atoms with van der Waals surface area (Å²) in [5.74, 6) is 1.64. The van der Waals surface area contributed by atoms with Crippen molar-refractivity contribution in [1.82, 2.24) is 9.97 Å². The molecule has 6 nitrogen and oxygen atoms in total. The molecule has 0 fully saturated rings.